The van der Waals surface area contributed by atoms with Crippen LogP contribution in [0.2, 0.25) is 0 Å². The maximum atomic E-state index is 13.0. The molecule has 3 aromatic rings. The highest BCUT2D eigenvalue weighted by Gasteiger charge is 2.32. The Morgan fingerprint density at radius 1 is 1.32 bits per heavy atom. The number of hydrogen-bond donors (Lipinski definition) is 2. The molecular formula is C24H28N8O2. The Hall–Kier alpha value is -4.13. The quantitative estimate of drug-likeness (QED) is 0.572. The van der Waals surface area contributed by atoms with Crippen molar-refractivity contribution in [1.82, 2.24) is 19.4 Å². The van der Waals surface area contributed by atoms with Crippen molar-refractivity contribution in [2.24, 2.45) is 5.92 Å². The molecule has 1 aliphatic heterocycles. The molecule has 0 unspecified atom stereocenters. The van der Waals surface area contributed by atoms with Crippen LogP contribution in [0.3, 0.4) is 0 Å². The second kappa shape index (κ2) is 9.39. The van der Waals surface area contributed by atoms with Gasteiger partial charge < -0.3 is 20.9 Å². The first kappa shape index (κ1) is 23.0. The molecule has 1 saturated heterocycles. The third kappa shape index (κ3) is 4.37. The van der Waals surface area contributed by atoms with Crippen LogP contribution in [-0.4, -0.2) is 57.6 Å². The molecule has 0 spiro atoms. The number of likely N-dealkylation sites (N-methyl/N-ethyl adjacent to an activating group) is 1. The number of nitriles is 1. The van der Waals surface area contributed by atoms with Crippen LogP contribution < -0.4 is 16.0 Å². The van der Waals surface area contributed by atoms with Gasteiger partial charge in [0.1, 0.15) is 18.6 Å². The fourth-order valence-electron chi connectivity index (χ4n) is 4.47. The fraction of sp³-hybridized carbons (Fsp3) is 0.375. The number of nitrogens with one attached hydrogen (secondary N) is 1. The van der Waals surface area contributed by atoms with E-state index in [1.54, 1.807) is 23.2 Å². The SMILES string of the molecule is Cc1ccc(NC(=O)n2ccc3c(N(C)[C@H]4CN(C(=O)CC#N)CC[C@H]4C)ncnc32)c(N)c1. The van der Waals surface area contributed by atoms with E-state index < -0.39 is 0 Å². The summed E-state index contributed by atoms with van der Waals surface area (Å²) in [5.41, 5.74) is 8.54. The van der Waals surface area contributed by atoms with Crippen molar-refractivity contribution in [2.45, 2.75) is 32.7 Å². The molecule has 1 aliphatic rings. The van der Waals surface area contributed by atoms with Crippen molar-refractivity contribution in [1.29, 1.82) is 5.26 Å². The molecular weight excluding hydrogens is 432 g/mol. The summed E-state index contributed by atoms with van der Waals surface area (Å²) in [5.74, 6) is 0.840. The predicted molar refractivity (Wildman–Crippen MR) is 130 cm³/mol. The Morgan fingerprint density at radius 2 is 2.12 bits per heavy atom. The van der Waals surface area contributed by atoms with E-state index in [9.17, 15) is 9.59 Å². The molecule has 2 amide bonds. The van der Waals surface area contributed by atoms with Gasteiger partial charge in [-0.2, -0.15) is 5.26 Å². The molecule has 0 bridgehead atoms. The summed E-state index contributed by atoms with van der Waals surface area (Å²) in [4.78, 5) is 37.9. The van der Waals surface area contributed by atoms with Gasteiger partial charge in [0.2, 0.25) is 5.91 Å². The lowest BCUT2D eigenvalue weighted by molar-refractivity contribution is -0.131. The Balaban J connectivity index is 1.60. The number of benzene rings is 1. The maximum absolute atomic E-state index is 13.0. The summed E-state index contributed by atoms with van der Waals surface area (Å²) < 4.78 is 1.43. The first-order chi connectivity index (χ1) is 16.3. The van der Waals surface area contributed by atoms with Crippen LogP contribution in [0.5, 0.6) is 0 Å². The molecule has 2 aromatic heterocycles. The molecule has 0 saturated carbocycles. The van der Waals surface area contributed by atoms with Crippen LogP contribution in [0.4, 0.5) is 22.0 Å². The number of anilines is 3. The zero-order chi connectivity index (χ0) is 24.4. The van der Waals surface area contributed by atoms with Crippen LogP contribution in [0.1, 0.15) is 25.3 Å². The summed E-state index contributed by atoms with van der Waals surface area (Å²) in [6.07, 6.45) is 3.81. The number of aryl methyl sites for hydroxylation is 1. The number of likely N-dealkylation sites (tertiary alicyclic amines) is 1. The van der Waals surface area contributed by atoms with Gasteiger partial charge >= 0.3 is 6.03 Å². The van der Waals surface area contributed by atoms with E-state index in [1.807, 2.05) is 37.1 Å². The van der Waals surface area contributed by atoms with E-state index >= 15 is 0 Å². The summed E-state index contributed by atoms with van der Waals surface area (Å²) in [6, 6.07) is 8.84. The average Bonchev–Trinajstić information content (AvgIpc) is 3.25. The first-order valence-electron chi connectivity index (χ1n) is 11.2. The zero-order valence-electron chi connectivity index (χ0n) is 19.5. The lowest BCUT2D eigenvalue weighted by Gasteiger charge is -2.42. The second-order valence-electron chi connectivity index (χ2n) is 8.76. The zero-order valence-corrected chi connectivity index (χ0v) is 19.5. The molecule has 2 atom stereocenters. The number of nitrogens with zero attached hydrogens (tertiary/aromatic N) is 6. The molecule has 0 aliphatic carbocycles. The number of rotatable bonds is 4. The van der Waals surface area contributed by atoms with Crippen molar-refractivity contribution < 1.29 is 9.59 Å². The van der Waals surface area contributed by atoms with Gasteiger partial charge in [0.25, 0.3) is 0 Å². The highest BCUT2D eigenvalue weighted by atomic mass is 16.2. The van der Waals surface area contributed by atoms with E-state index in [2.05, 4.69) is 22.2 Å². The monoisotopic (exact) mass is 460 g/mol. The molecule has 10 nitrogen and oxygen atoms in total. The van der Waals surface area contributed by atoms with Crippen LogP contribution >= 0.6 is 0 Å². The Labute approximate surface area is 198 Å². The summed E-state index contributed by atoms with van der Waals surface area (Å²) in [7, 11) is 1.94. The van der Waals surface area contributed by atoms with Crippen molar-refractivity contribution in [3.8, 4) is 6.07 Å². The van der Waals surface area contributed by atoms with Crippen molar-refractivity contribution in [3.05, 3.63) is 42.4 Å². The molecule has 0 radical (unpaired) electrons. The largest absolute Gasteiger partial charge is 0.397 e. The summed E-state index contributed by atoms with van der Waals surface area (Å²) in [6.45, 7) is 5.24. The predicted octanol–water partition coefficient (Wildman–Crippen LogP) is 2.99. The van der Waals surface area contributed by atoms with E-state index in [1.165, 1.54) is 10.9 Å². The third-order valence-corrected chi connectivity index (χ3v) is 6.46. The molecule has 1 fully saturated rings. The molecule has 34 heavy (non-hydrogen) atoms. The smallest absolute Gasteiger partial charge is 0.331 e. The van der Waals surface area contributed by atoms with E-state index in [4.69, 9.17) is 11.0 Å². The van der Waals surface area contributed by atoms with Crippen LogP contribution in [0, 0.1) is 24.2 Å². The number of carbonyl (C=O) groups is 2. The van der Waals surface area contributed by atoms with Gasteiger partial charge in [-0.3, -0.25) is 9.36 Å². The fourth-order valence-corrected chi connectivity index (χ4v) is 4.47. The van der Waals surface area contributed by atoms with Crippen LogP contribution in [0.15, 0.2) is 36.8 Å². The second-order valence-corrected chi connectivity index (χ2v) is 8.76. The number of nitrogen functional groups attached to an aromatic ring is 1. The molecule has 1 aromatic carbocycles. The number of hydrogen-bond acceptors (Lipinski definition) is 7. The van der Waals surface area contributed by atoms with Gasteiger partial charge in [-0.25, -0.2) is 14.8 Å². The lowest BCUT2D eigenvalue weighted by atomic mass is 9.92. The Morgan fingerprint density at radius 3 is 2.85 bits per heavy atom. The van der Waals surface area contributed by atoms with Crippen LogP contribution in [-0.2, 0) is 4.79 Å². The van der Waals surface area contributed by atoms with Crippen molar-refractivity contribution in [3.63, 3.8) is 0 Å². The molecule has 3 N–H and O–H groups in total. The minimum atomic E-state index is -0.378. The number of carbonyl (C=O) groups excluding carboxylic acids is 2. The van der Waals surface area contributed by atoms with Gasteiger partial charge in [-0.15, -0.1) is 0 Å². The normalized spacial score (nSPS) is 17.9. The molecule has 176 valence electrons. The third-order valence-electron chi connectivity index (χ3n) is 6.46. The number of fused-ring (bicyclic) bond motifs is 1. The number of nitrogens with two attached hydrogens (primary N) is 1. The lowest BCUT2D eigenvalue weighted by Crippen LogP contribution is -2.52. The minimum Gasteiger partial charge on any atom is -0.397 e. The van der Waals surface area contributed by atoms with Crippen molar-refractivity contribution in [2.75, 3.05) is 36.1 Å². The van der Waals surface area contributed by atoms with E-state index in [-0.39, 0.29) is 24.4 Å². The topological polar surface area (TPSA) is 133 Å². The number of amides is 2. The standard InChI is InChI=1S/C24H28N8O2/c1-15-4-5-19(18(26)12-15)29-24(34)32-11-8-17-22(27-14-28-23(17)32)30(3)20-13-31(10-7-16(20)2)21(33)6-9-25/h4-5,8,11-12,14,16,20H,6-7,10,13,26H2,1-3H3,(H,29,34)/t16-,20+/m1/s1. The van der Waals surface area contributed by atoms with Crippen LogP contribution in [0.25, 0.3) is 11.0 Å². The number of aromatic nitrogens is 3. The molecule has 3 heterocycles. The maximum Gasteiger partial charge on any atom is 0.331 e. The van der Waals surface area contributed by atoms with Crippen molar-refractivity contribution >= 4 is 40.2 Å². The van der Waals surface area contributed by atoms with Gasteiger partial charge in [-0.1, -0.05) is 13.0 Å². The highest BCUT2D eigenvalue weighted by Crippen LogP contribution is 2.30. The van der Waals surface area contributed by atoms with Gasteiger partial charge in [0.15, 0.2) is 5.65 Å². The van der Waals surface area contributed by atoms with Gasteiger partial charge in [0, 0.05) is 26.3 Å². The summed E-state index contributed by atoms with van der Waals surface area (Å²) >= 11 is 0. The van der Waals surface area contributed by atoms with E-state index in [0.717, 1.165) is 17.4 Å². The molecule has 4 rings (SSSR count). The highest BCUT2D eigenvalue weighted by molar-refractivity contribution is 6.01. The Kier molecular flexibility index (Phi) is 6.36. The number of piperidine rings is 1. The van der Waals surface area contributed by atoms with Gasteiger partial charge in [0.05, 0.1) is 28.9 Å². The average molecular weight is 461 g/mol. The Bertz CT molecular complexity index is 1280. The van der Waals surface area contributed by atoms with Gasteiger partial charge in [-0.05, 0) is 43.0 Å². The first-order valence-corrected chi connectivity index (χ1v) is 11.2. The minimum absolute atomic E-state index is 0.0130. The molecule has 10 heteroatoms. The van der Waals surface area contributed by atoms with E-state index in [0.29, 0.717) is 41.8 Å². The summed E-state index contributed by atoms with van der Waals surface area (Å²) in [5, 5.41) is 12.5.